The maximum atomic E-state index is 5.33. The molecule has 23 heavy (non-hydrogen) atoms. The Morgan fingerprint density at radius 2 is 1.52 bits per heavy atom. The molecule has 0 unspecified atom stereocenters. The van der Waals surface area contributed by atoms with Crippen molar-refractivity contribution in [3.05, 3.63) is 41.4 Å². The molecule has 0 saturated heterocycles. The highest BCUT2D eigenvalue weighted by Gasteiger charge is 2.19. The molecule has 0 amide bonds. The molecule has 4 rings (SSSR count). The normalized spacial score (nSPS) is 11.5. The van der Waals surface area contributed by atoms with Gasteiger partial charge in [-0.3, -0.25) is 0 Å². The summed E-state index contributed by atoms with van der Waals surface area (Å²) < 4.78 is 10.6. The molecular formula is C17H16N4O2. The summed E-state index contributed by atoms with van der Waals surface area (Å²) in [7, 11) is 0. The number of fused-ring (bicyclic) bond motifs is 1. The second-order valence-corrected chi connectivity index (χ2v) is 5.72. The third-order valence-electron chi connectivity index (χ3n) is 4.15. The fourth-order valence-electron chi connectivity index (χ4n) is 3.15. The van der Waals surface area contributed by atoms with Crippen LogP contribution in [0.3, 0.4) is 0 Å². The third-order valence-corrected chi connectivity index (χ3v) is 4.15. The molecule has 0 radical (unpaired) electrons. The Labute approximate surface area is 132 Å². The van der Waals surface area contributed by atoms with Crippen LogP contribution in [0.1, 0.15) is 22.9 Å². The molecule has 0 aliphatic heterocycles. The number of imidazole rings is 1. The highest BCUT2D eigenvalue weighted by Crippen LogP contribution is 2.37. The molecule has 0 spiro atoms. The number of aryl methyl sites for hydroxylation is 4. The van der Waals surface area contributed by atoms with Crippen molar-refractivity contribution in [3.63, 3.8) is 0 Å². The Kier molecular flexibility index (Phi) is 2.87. The van der Waals surface area contributed by atoms with Crippen molar-refractivity contribution < 1.29 is 9.05 Å². The van der Waals surface area contributed by atoms with Gasteiger partial charge < -0.3 is 14.0 Å². The van der Waals surface area contributed by atoms with Crippen LogP contribution in [0.15, 0.2) is 27.5 Å². The topological polar surface area (TPSA) is 80.7 Å². The van der Waals surface area contributed by atoms with E-state index in [-0.39, 0.29) is 0 Å². The Morgan fingerprint density at radius 1 is 0.870 bits per heavy atom. The zero-order valence-corrected chi connectivity index (χ0v) is 13.4. The monoisotopic (exact) mass is 308 g/mol. The molecule has 6 heteroatoms. The van der Waals surface area contributed by atoms with E-state index < -0.39 is 0 Å². The molecule has 0 saturated carbocycles. The summed E-state index contributed by atoms with van der Waals surface area (Å²) in [5.74, 6) is 1.58. The number of H-pyrrole nitrogens is 1. The Hall–Kier alpha value is -2.89. The number of nitrogens with zero attached hydrogens (tertiary/aromatic N) is 3. The van der Waals surface area contributed by atoms with E-state index in [0.29, 0.717) is 0 Å². The van der Waals surface area contributed by atoms with Gasteiger partial charge in [-0.05, 0) is 45.4 Å². The number of hydrogen-bond acceptors (Lipinski definition) is 5. The Morgan fingerprint density at radius 3 is 2.13 bits per heavy atom. The van der Waals surface area contributed by atoms with Gasteiger partial charge in [0, 0.05) is 16.7 Å². The van der Waals surface area contributed by atoms with Crippen LogP contribution in [0, 0.1) is 27.7 Å². The fourth-order valence-corrected chi connectivity index (χ4v) is 3.15. The minimum atomic E-state index is 0.780. The lowest BCUT2D eigenvalue weighted by atomic mass is 9.96. The van der Waals surface area contributed by atoms with Gasteiger partial charge in [-0.1, -0.05) is 10.3 Å². The van der Waals surface area contributed by atoms with E-state index in [4.69, 9.17) is 9.05 Å². The molecule has 0 bridgehead atoms. The van der Waals surface area contributed by atoms with Crippen LogP contribution in [-0.4, -0.2) is 20.3 Å². The summed E-state index contributed by atoms with van der Waals surface area (Å²) in [6, 6.07) is 4.17. The summed E-state index contributed by atoms with van der Waals surface area (Å²) in [5, 5.41) is 8.12. The zero-order chi connectivity index (χ0) is 16.1. The molecular weight excluding hydrogens is 292 g/mol. The number of benzene rings is 1. The van der Waals surface area contributed by atoms with Crippen molar-refractivity contribution in [2.75, 3.05) is 0 Å². The first-order valence-electron chi connectivity index (χ1n) is 7.40. The van der Waals surface area contributed by atoms with Crippen molar-refractivity contribution in [2.45, 2.75) is 27.7 Å². The average molecular weight is 308 g/mol. The SMILES string of the molecule is Cc1noc(C)c1-c1cc(-c2c(C)noc2C)c2nc[nH]c2c1. The first kappa shape index (κ1) is 13.8. The lowest BCUT2D eigenvalue weighted by molar-refractivity contribution is 0.393. The van der Waals surface area contributed by atoms with Crippen molar-refractivity contribution >= 4 is 11.0 Å². The van der Waals surface area contributed by atoms with Crippen LogP contribution in [0.4, 0.5) is 0 Å². The second kappa shape index (κ2) is 4.81. The third kappa shape index (κ3) is 1.98. The maximum Gasteiger partial charge on any atom is 0.141 e. The van der Waals surface area contributed by atoms with Crippen LogP contribution in [0.25, 0.3) is 33.3 Å². The fraction of sp³-hybridized carbons (Fsp3) is 0.235. The van der Waals surface area contributed by atoms with E-state index >= 15 is 0 Å². The smallest absolute Gasteiger partial charge is 0.141 e. The van der Waals surface area contributed by atoms with E-state index in [0.717, 1.165) is 56.2 Å². The first-order valence-corrected chi connectivity index (χ1v) is 7.40. The summed E-state index contributed by atoms with van der Waals surface area (Å²) >= 11 is 0. The van der Waals surface area contributed by atoms with Gasteiger partial charge in [0.25, 0.3) is 0 Å². The Bertz CT molecular complexity index is 984. The predicted molar refractivity (Wildman–Crippen MR) is 86.0 cm³/mol. The van der Waals surface area contributed by atoms with E-state index in [9.17, 15) is 0 Å². The standard InChI is InChI=1S/C17H16N4O2/c1-8-15(10(3)22-20-8)12-5-13(16-9(2)21-23-11(16)4)17-14(6-12)18-7-19-17/h5-7H,1-4H3,(H,18,19). The Balaban J connectivity index is 2.07. The molecule has 4 aromatic rings. The summed E-state index contributed by atoms with van der Waals surface area (Å²) in [5.41, 5.74) is 7.59. The minimum absolute atomic E-state index is 0.780. The molecule has 0 aliphatic carbocycles. The molecule has 1 N–H and O–H groups in total. The predicted octanol–water partition coefficient (Wildman–Crippen LogP) is 4.11. The van der Waals surface area contributed by atoms with Crippen LogP contribution >= 0.6 is 0 Å². The van der Waals surface area contributed by atoms with Crippen molar-refractivity contribution in [1.82, 2.24) is 20.3 Å². The average Bonchev–Trinajstić information content (AvgIpc) is 3.19. The minimum Gasteiger partial charge on any atom is -0.361 e. The van der Waals surface area contributed by atoms with Gasteiger partial charge in [0.05, 0.1) is 28.7 Å². The van der Waals surface area contributed by atoms with Gasteiger partial charge in [-0.25, -0.2) is 4.98 Å². The van der Waals surface area contributed by atoms with E-state index in [1.54, 1.807) is 6.33 Å². The number of aromatic nitrogens is 4. The second-order valence-electron chi connectivity index (χ2n) is 5.72. The highest BCUT2D eigenvalue weighted by molar-refractivity contribution is 5.97. The van der Waals surface area contributed by atoms with Crippen LogP contribution in [0.5, 0.6) is 0 Å². The molecule has 0 aliphatic rings. The highest BCUT2D eigenvalue weighted by atomic mass is 16.5. The molecule has 3 heterocycles. The largest absolute Gasteiger partial charge is 0.361 e. The van der Waals surface area contributed by atoms with Gasteiger partial charge >= 0.3 is 0 Å². The van der Waals surface area contributed by atoms with E-state index in [1.807, 2.05) is 27.7 Å². The molecule has 3 aromatic heterocycles. The zero-order valence-electron chi connectivity index (χ0n) is 13.4. The van der Waals surface area contributed by atoms with Gasteiger partial charge in [0.1, 0.15) is 11.5 Å². The molecule has 6 nitrogen and oxygen atoms in total. The van der Waals surface area contributed by atoms with Crippen LogP contribution in [0.2, 0.25) is 0 Å². The number of hydrogen-bond donors (Lipinski definition) is 1. The summed E-state index contributed by atoms with van der Waals surface area (Å²) in [6.45, 7) is 7.71. The van der Waals surface area contributed by atoms with E-state index in [2.05, 4.69) is 32.4 Å². The quantitative estimate of drug-likeness (QED) is 0.603. The van der Waals surface area contributed by atoms with Crippen LogP contribution in [-0.2, 0) is 0 Å². The molecule has 1 aromatic carbocycles. The van der Waals surface area contributed by atoms with Gasteiger partial charge in [0.2, 0.25) is 0 Å². The van der Waals surface area contributed by atoms with E-state index in [1.165, 1.54) is 0 Å². The summed E-state index contributed by atoms with van der Waals surface area (Å²) in [4.78, 5) is 7.65. The van der Waals surface area contributed by atoms with Gasteiger partial charge in [-0.15, -0.1) is 0 Å². The maximum absolute atomic E-state index is 5.33. The number of nitrogens with one attached hydrogen (secondary N) is 1. The van der Waals surface area contributed by atoms with Gasteiger partial charge in [0.15, 0.2) is 0 Å². The number of rotatable bonds is 2. The first-order chi connectivity index (χ1) is 11.1. The van der Waals surface area contributed by atoms with Crippen molar-refractivity contribution in [3.8, 4) is 22.3 Å². The molecule has 0 fully saturated rings. The molecule has 0 atom stereocenters. The summed E-state index contributed by atoms with van der Waals surface area (Å²) in [6.07, 6.45) is 1.70. The molecule has 116 valence electrons. The lowest BCUT2D eigenvalue weighted by Gasteiger charge is -2.07. The van der Waals surface area contributed by atoms with Crippen molar-refractivity contribution in [2.24, 2.45) is 0 Å². The van der Waals surface area contributed by atoms with Crippen LogP contribution < -0.4 is 0 Å². The van der Waals surface area contributed by atoms with Gasteiger partial charge in [-0.2, -0.15) is 0 Å². The lowest BCUT2D eigenvalue weighted by Crippen LogP contribution is -1.89. The number of aromatic amines is 1. The van der Waals surface area contributed by atoms with Crippen molar-refractivity contribution in [1.29, 1.82) is 0 Å².